The molecule has 0 fully saturated rings. The second kappa shape index (κ2) is 5.83. The third-order valence-corrected chi connectivity index (χ3v) is 2.38. The monoisotopic (exact) mass is 213 g/mol. The molecule has 3 nitrogen and oxygen atoms in total. The third-order valence-electron chi connectivity index (χ3n) is 2.16. The molecule has 0 radical (unpaired) electrons. The summed E-state index contributed by atoms with van der Waals surface area (Å²) in [6, 6.07) is 4.19. The van der Waals surface area contributed by atoms with Crippen molar-refractivity contribution in [2.75, 3.05) is 18.9 Å². The number of halogens is 1. The Kier molecular flexibility index (Phi) is 4.70. The van der Waals surface area contributed by atoms with Crippen molar-refractivity contribution in [1.29, 1.82) is 0 Å². The van der Waals surface area contributed by atoms with Gasteiger partial charge in [-0.15, -0.1) is 0 Å². The SMILES string of the molecule is CC[C@@H](CNc1ccc(Cl)cn1)NC. The van der Waals surface area contributed by atoms with Crippen molar-refractivity contribution < 1.29 is 0 Å². The molecule has 1 heterocycles. The molecule has 0 spiro atoms. The lowest BCUT2D eigenvalue weighted by molar-refractivity contribution is 0.568. The number of likely N-dealkylation sites (N-methyl/N-ethyl adjacent to an activating group) is 1. The molecule has 1 atom stereocenters. The van der Waals surface area contributed by atoms with Crippen molar-refractivity contribution in [3.8, 4) is 0 Å². The molecule has 14 heavy (non-hydrogen) atoms. The molecule has 0 saturated carbocycles. The van der Waals surface area contributed by atoms with Gasteiger partial charge in [-0.25, -0.2) is 4.98 Å². The van der Waals surface area contributed by atoms with E-state index in [9.17, 15) is 0 Å². The lowest BCUT2D eigenvalue weighted by Crippen LogP contribution is -2.31. The Morgan fingerprint density at radius 3 is 2.79 bits per heavy atom. The second-order valence-corrected chi connectivity index (χ2v) is 3.57. The molecular formula is C10H16ClN3. The van der Waals surface area contributed by atoms with Crippen molar-refractivity contribution in [3.63, 3.8) is 0 Å². The number of hydrogen-bond donors (Lipinski definition) is 2. The largest absolute Gasteiger partial charge is 0.369 e. The van der Waals surface area contributed by atoms with E-state index < -0.39 is 0 Å². The first-order chi connectivity index (χ1) is 6.76. The van der Waals surface area contributed by atoms with Crippen LogP contribution in [0.5, 0.6) is 0 Å². The number of rotatable bonds is 5. The van der Waals surface area contributed by atoms with Gasteiger partial charge < -0.3 is 10.6 Å². The van der Waals surface area contributed by atoms with Crippen molar-refractivity contribution >= 4 is 17.4 Å². The van der Waals surface area contributed by atoms with E-state index in [1.54, 1.807) is 6.20 Å². The van der Waals surface area contributed by atoms with E-state index in [1.165, 1.54) is 0 Å². The van der Waals surface area contributed by atoms with Gasteiger partial charge in [-0.2, -0.15) is 0 Å². The van der Waals surface area contributed by atoms with E-state index >= 15 is 0 Å². The van der Waals surface area contributed by atoms with Crippen LogP contribution in [0.2, 0.25) is 5.02 Å². The minimum atomic E-state index is 0.479. The Bertz CT molecular complexity index is 257. The van der Waals surface area contributed by atoms with Gasteiger partial charge in [0.25, 0.3) is 0 Å². The van der Waals surface area contributed by atoms with Gasteiger partial charge in [-0.05, 0) is 25.6 Å². The van der Waals surface area contributed by atoms with E-state index in [0.717, 1.165) is 18.8 Å². The van der Waals surface area contributed by atoms with Crippen LogP contribution < -0.4 is 10.6 Å². The Morgan fingerprint density at radius 1 is 1.50 bits per heavy atom. The molecule has 1 rings (SSSR count). The molecule has 0 bridgehead atoms. The molecule has 0 aliphatic heterocycles. The molecule has 0 aromatic carbocycles. The standard InChI is InChI=1S/C10H16ClN3/c1-3-9(12-2)7-14-10-5-4-8(11)6-13-10/h4-6,9,12H,3,7H2,1-2H3,(H,13,14)/t9-/m0/s1. The summed E-state index contributed by atoms with van der Waals surface area (Å²) in [6.07, 6.45) is 2.74. The summed E-state index contributed by atoms with van der Waals surface area (Å²) in [4.78, 5) is 4.15. The van der Waals surface area contributed by atoms with Crippen LogP contribution in [0.15, 0.2) is 18.3 Å². The summed E-state index contributed by atoms with van der Waals surface area (Å²) in [5, 5.41) is 7.12. The molecule has 0 amide bonds. The minimum absolute atomic E-state index is 0.479. The lowest BCUT2D eigenvalue weighted by Gasteiger charge is -2.14. The summed E-state index contributed by atoms with van der Waals surface area (Å²) >= 11 is 5.73. The molecule has 0 aliphatic rings. The van der Waals surface area contributed by atoms with Gasteiger partial charge >= 0.3 is 0 Å². The van der Waals surface area contributed by atoms with Crippen molar-refractivity contribution in [3.05, 3.63) is 23.4 Å². The topological polar surface area (TPSA) is 37.0 Å². The maximum atomic E-state index is 5.73. The molecule has 0 unspecified atom stereocenters. The Hall–Kier alpha value is -0.800. The van der Waals surface area contributed by atoms with Crippen molar-refractivity contribution in [2.24, 2.45) is 0 Å². The van der Waals surface area contributed by atoms with Crippen LogP contribution in [0, 0.1) is 0 Å². The van der Waals surface area contributed by atoms with E-state index in [1.807, 2.05) is 19.2 Å². The first kappa shape index (κ1) is 11.3. The van der Waals surface area contributed by atoms with E-state index in [-0.39, 0.29) is 0 Å². The van der Waals surface area contributed by atoms with Gasteiger partial charge in [0, 0.05) is 18.8 Å². The molecule has 1 aromatic rings. The zero-order chi connectivity index (χ0) is 10.4. The summed E-state index contributed by atoms with van der Waals surface area (Å²) in [6.45, 7) is 3.03. The number of nitrogens with one attached hydrogen (secondary N) is 2. The van der Waals surface area contributed by atoms with Crippen LogP contribution in [0.1, 0.15) is 13.3 Å². The number of nitrogens with zero attached hydrogens (tertiary/aromatic N) is 1. The van der Waals surface area contributed by atoms with E-state index in [2.05, 4.69) is 22.5 Å². The van der Waals surface area contributed by atoms with Gasteiger partial charge in [0.2, 0.25) is 0 Å². The van der Waals surface area contributed by atoms with Gasteiger partial charge in [0.15, 0.2) is 0 Å². The zero-order valence-corrected chi connectivity index (χ0v) is 9.30. The Balaban J connectivity index is 2.41. The highest BCUT2D eigenvalue weighted by Crippen LogP contribution is 2.09. The summed E-state index contributed by atoms with van der Waals surface area (Å²) in [5.74, 6) is 0.864. The zero-order valence-electron chi connectivity index (χ0n) is 8.55. The highest BCUT2D eigenvalue weighted by molar-refractivity contribution is 6.30. The van der Waals surface area contributed by atoms with Crippen LogP contribution in [0.25, 0.3) is 0 Å². The quantitative estimate of drug-likeness (QED) is 0.787. The number of hydrogen-bond acceptors (Lipinski definition) is 3. The van der Waals surface area contributed by atoms with Crippen molar-refractivity contribution in [1.82, 2.24) is 10.3 Å². The molecule has 2 N–H and O–H groups in total. The average Bonchev–Trinajstić information content (AvgIpc) is 2.22. The minimum Gasteiger partial charge on any atom is -0.369 e. The number of pyridine rings is 1. The fourth-order valence-electron chi connectivity index (χ4n) is 1.16. The second-order valence-electron chi connectivity index (χ2n) is 3.14. The van der Waals surface area contributed by atoms with E-state index in [4.69, 9.17) is 11.6 Å². The molecular weight excluding hydrogens is 198 g/mol. The van der Waals surface area contributed by atoms with Crippen LogP contribution in [-0.2, 0) is 0 Å². The molecule has 0 aliphatic carbocycles. The molecule has 0 saturated heterocycles. The number of anilines is 1. The van der Waals surface area contributed by atoms with Gasteiger partial charge in [-0.1, -0.05) is 18.5 Å². The summed E-state index contributed by atoms with van der Waals surface area (Å²) < 4.78 is 0. The molecule has 1 aromatic heterocycles. The normalized spacial score (nSPS) is 12.5. The smallest absolute Gasteiger partial charge is 0.126 e. The Morgan fingerprint density at radius 2 is 2.29 bits per heavy atom. The lowest BCUT2D eigenvalue weighted by atomic mass is 10.2. The number of aromatic nitrogens is 1. The van der Waals surface area contributed by atoms with Crippen LogP contribution in [-0.4, -0.2) is 24.6 Å². The Labute approximate surface area is 89.9 Å². The third kappa shape index (κ3) is 3.52. The van der Waals surface area contributed by atoms with Gasteiger partial charge in [0.05, 0.1) is 5.02 Å². The summed E-state index contributed by atoms with van der Waals surface area (Å²) in [5.41, 5.74) is 0. The highest BCUT2D eigenvalue weighted by Gasteiger charge is 2.02. The van der Waals surface area contributed by atoms with Gasteiger partial charge in [0.1, 0.15) is 5.82 Å². The first-order valence-electron chi connectivity index (χ1n) is 4.79. The average molecular weight is 214 g/mol. The maximum absolute atomic E-state index is 5.73. The van der Waals surface area contributed by atoms with Crippen LogP contribution in [0.4, 0.5) is 5.82 Å². The maximum Gasteiger partial charge on any atom is 0.126 e. The molecule has 4 heteroatoms. The van der Waals surface area contributed by atoms with Gasteiger partial charge in [-0.3, -0.25) is 0 Å². The fraction of sp³-hybridized carbons (Fsp3) is 0.500. The molecule has 78 valence electrons. The van der Waals surface area contributed by atoms with Crippen LogP contribution >= 0.6 is 11.6 Å². The first-order valence-corrected chi connectivity index (χ1v) is 5.16. The summed E-state index contributed by atoms with van der Waals surface area (Å²) in [7, 11) is 1.96. The predicted molar refractivity (Wildman–Crippen MR) is 60.9 cm³/mol. The predicted octanol–water partition coefficient (Wildman–Crippen LogP) is 2.14. The van der Waals surface area contributed by atoms with Crippen LogP contribution in [0.3, 0.4) is 0 Å². The van der Waals surface area contributed by atoms with E-state index in [0.29, 0.717) is 11.1 Å². The fourth-order valence-corrected chi connectivity index (χ4v) is 1.27. The van der Waals surface area contributed by atoms with Crippen molar-refractivity contribution in [2.45, 2.75) is 19.4 Å². The highest BCUT2D eigenvalue weighted by atomic mass is 35.5.